The molecule has 1 N–H and O–H groups in total. The molecule has 7 nitrogen and oxygen atoms in total. The Kier molecular flexibility index (Phi) is 4.04. The second-order valence-electron chi connectivity index (χ2n) is 6.88. The molecule has 8 heteroatoms. The highest BCUT2D eigenvalue weighted by Gasteiger charge is 2.36. The molecule has 1 aromatic carbocycles. The van der Waals surface area contributed by atoms with E-state index in [1.54, 1.807) is 6.07 Å². The molecule has 0 bridgehead atoms. The van der Waals surface area contributed by atoms with Crippen LogP contribution in [0.15, 0.2) is 39.6 Å². The van der Waals surface area contributed by atoms with E-state index in [4.69, 9.17) is 9.15 Å². The molecule has 1 aliphatic heterocycles. The maximum atomic E-state index is 12.8. The Hall–Kier alpha value is -2.32. The van der Waals surface area contributed by atoms with Gasteiger partial charge < -0.3 is 14.5 Å². The molecule has 2 heterocycles. The summed E-state index contributed by atoms with van der Waals surface area (Å²) in [5.74, 6) is 2.77. The summed E-state index contributed by atoms with van der Waals surface area (Å²) in [5.41, 5.74) is 0.360. The van der Waals surface area contributed by atoms with Crippen LogP contribution >= 0.6 is 0 Å². The molecule has 2 atom stereocenters. The van der Waals surface area contributed by atoms with Crippen LogP contribution in [0, 0.1) is 5.92 Å². The van der Waals surface area contributed by atoms with Crippen molar-refractivity contribution in [1.82, 2.24) is 4.31 Å². The standard InChI is InChI=1S/C18H20N2O5S/c1-11-7-14(11)16-5-3-12(25-16)9-20(2)26(22,23)13-4-6-17-15(8-13)19-18(21)10-24-17/h3-6,8,11,14H,7,9-10H2,1-2H3,(H,19,21)/t11-,14+/m1/s1. The van der Waals surface area contributed by atoms with Gasteiger partial charge in [-0.05, 0) is 42.7 Å². The summed E-state index contributed by atoms with van der Waals surface area (Å²) in [4.78, 5) is 11.5. The monoisotopic (exact) mass is 376 g/mol. The Bertz CT molecular complexity index is 966. The molecule has 1 amide bonds. The molecule has 1 saturated carbocycles. The van der Waals surface area contributed by atoms with Crippen LogP contribution in [0.25, 0.3) is 0 Å². The number of ether oxygens (including phenoxy) is 1. The minimum Gasteiger partial charge on any atom is -0.482 e. The quantitative estimate of drug-likeness (QED) is 0.866. The van der Waals surface area contributed by atoms with Crippen molar-refractivity contribution in [2.24, 2.45) is 5.92 Å². The smallest absolute Gasteiger partial charge is 0.262 e. The lowest BCUT2D eigenvalue weighted by Gasteiger charge is -2.20. The second kappa shape index (κ2) is 6.14. The molecule has 4 rings (SSSR count). The van der Waals surface area contributed by atoms with Crippen molar-refractivity contribution >= 4 is 21.6 Å². The first kappa shape index (κ1) is 17.1. The number of rotatable bonds is 5. The molecular formula is C18H20N2O5S. The average molecular weight is 376 g/mol. The van der Waals surface area contributed by atoms with Crippen LogP contribution in [-0.4, -0.2) is 32.3 Å². The second-order valence-corrected chi connectivity index (χ2v) is 8.92. The molecule has 2 aromatic rings. The number of furan rings is 1. The van der Waals surface area contributed by atoms with Crippen molar-refractivity contribution < 1.29 is 22.4 Å². The van der Waals surface area contributed by atoms with Crippen molar-refractivity contribution in [2.75, 3.05) is 19.0 Å². The molecule has 0 radical (unpaired) electrons. The third-order valence-corrected chi connectivity index (χ3v) is 6.63. The van der Waals surface area contributed by atoms with Crippen LogP contribution in [0.4, 0.5) is 5.69 Å². The normalized spacial score (nSPS) is 21.9. The van der Waals surface area contributed by atoms with Gasteiger partial charge in [0.1, 0.15) is 17.3 Å². The van der Waals surface area contributed by atoms with E-state index in [2.05, 4.69) is 12.2 Å². The summed E-state index contributed by atoms with van der Waals surface area (Å²) < 4.78 is 38.0. The first-order valence-corrected chi connectivity index (χ1v) is 9.90. The molecule has 0 saturated heterocycles. The van der Waals surface area contributed by atoms with Gasteiger partial charge in [-0.1, -0.05) is 6.92 Å². The topological polar surface area (TPSA) is 88.9 Å². The summed E-state index contributed by atoms with van der Waals surface area (Å²) in [6, 6.07) is 8.19. The minimum absolute atomic E-state index is 0.0700. The molecule has 1 fully saturated rings. The highest BCUT2D eigenvalue weighted by Crippen LogP contribution is 2.47. The van der Waals surface area contributed by atoms with E-state index in [1.165, 1.54) is 23.5 Å². The van der Waals surface area contributed by atoms with E-state index in [0.29, 0.717) is 29.0 Å². The number of benzene rings is 1. The first-order chi connectivity index (χ1) is 12.3. The number of amides is 1. The fourth-order valence-corrected chi connectivity index (χ4v) is 4.27. The van der Waals surface area contributed by atoms with Crippen molar-refractivity contribution in [3.05, 3.63) is 41.9 Å². The van der Waals surface area contributed by atoms with Crippen LogP contribution in [0.1, 0.15) is 30.8 Å². The molecule has 0 unspecified atom stereocenters. The molecule has 1 aliphatic carbocycles. The molecule has 26 heavy (non-hydrogen) atoms. The zero-order valence-electron chi connectivity index (χ0n) is 14.6. The molecule has 0 spiro atoms. The highest BCUT2D eigenvalue weighted by molar-refractivity contribution is 7.89. The van der Waals surface area contributed by atoms with Crippen LogP contribution in [-0.2, 0) is 21.4 Å². The van der Waals surface area contributed by atoms with Crippen molar-refractivity contribution in [3.8, 4) is 5.75 Å². The fraction of sp³-hybridized carbons (Fsp3) is 0.389. The van der Waals surface area contributed by atoms with Crippen molar-refractivity contribution in [2.45, 2.75) is 30.7 Å². The lowest BCUT2D eigenvalue weighted by atomic mass is 10.2. The lowest BCUT2D eigenvalue weighted by molar-refractivity contribution is -0.118. The van der Waals surface area contributed by atoms with E-state index in [-0.39, 0.29) is 24.0 Å². The van der Waals surface area contributed by atoms with E-state index in [9.17, 15) is 13.2 Å². The zero-order chi connectivity index (χ0) is 18.5. The zero-order valence-corrected chi connectivity index (χ0v) is 15.4. The first-order valence-electron chi connectivity index (χ1n) is 8.46. The summed E-state index contributed by atoms with van der Waals surface area (Å²) in [7, 11) is -2.22. The number of nitrogens with zero attached hydrogens (tertiary/aromatic N) is 1. The predicted molar refractivity (Wildman–Crippen MR) is 94.4 cm³/mol. The number of fused-ring (bicyclic) bond motifs is 1. The highest BCUT2D eigenvalue weighted by atomic mass is 32.2. The molecule has 138 valence electrons. The van der Waals surface area contributed by atoms with Crippen molar-refractivity contribution in [1.29, 1.82) is 0 Å². The van der Waals surface area contributed by atoms with Gasteiger partial charge >= 0.3 is 0 Å². The van der Waals surface area contributed by atoms with Gasteiger partial charge in [-0.3, -0.25) is 4.79 Å². The number of sulfonamides is 1. The summed E-state index contributed by atoms with van der Waals surface area (Å²) >= 11 is 0. The van der Waals surface area contributed by atoms with Gasteiger partial charge in [-0.15, -0.1) is 0 Å². The average Bonchev–Trinajstić information content (AvgIpc) is 3.15. The predicted octanol–water partition coefficient (Wildman–Crippen LogP) is 2.55. The van der Waals surface area contributed by atoms with Crippen LogP contribution in [0.2, 0.25) is 0 Å². The van der Waals surface area contributed by atoms with E-state index in [1.807, 2.05) is 12.1 Å². The molecular weight excluding hydrogens is 356 g/mol. The van der Waals surface area contributed by atoms with Gasteiger partial charge in [0.15, 0.2) is 6.61 Å². The molecule has 1 aromatic heterocycles. The van der Waals surface area contributed by atoms with Crippen molar-refractivity contribution in [3.63, 3.8) is 0 Å². The lowest BCUT2D eigenvalue weighted by Crippen LogP contribution is -2.28. The van der Waals surface area contributed by atoms with Gasteiger partial charge in [0, 0.05) is 13.0 Å². The Labute approximate surface area is 152 Å². The largest absolute Gasteiger partial charge is 0.482 e. The van der Waals surface area contributed by atoms with E-state index >= 15 is 0 Å². The molecule has 2 aliphatic rings. The summed E-state index contributed by atoms with van der Waals surface area (Å²) in [6.07, 6.45) is 1.12. The van der Waals surface area contributed by atoms with Gasteiger partial charge in [-0.2, -0.15) is 4.31 Å². The SMILES string of the molecule is C[C@@H]1C[C@@H]1c1ccc(CN(C)S(=O)(=O)c2ccc3c(c2)NC(=O)CO3)o1. The number of hydrogen-bond acceptors (Lipinski definition) is 5. The Morgan fingerprint density at radius 3 is 2.77 bits per heavy atom. The number of carbonyl (C=O) groups is 1. The number of carbonyl (C=O) groups excluding carboxylic acids is 1. The minimum atomic E-state index is -3.73. The van der Waals surface area contributed by atoms with Gasteiger partial charge in [0.2, 0.25) is 10.0 Å². The number of nitrogens with one attached hydrogen (secondary N) is 1. The van der Waals surface area contributed by atoms with Gasteiger partial charge in [0.25, 0.3) is 5.91 Å². The third kappa shape index (κ3) is 3.10. The maximum absolute atomic E-state index is 12.8. The number of hydrogen-bond donors (Lipinski definition) is 1. The van der Waals surface area contributed by atoms with Crippen LogP contribution in [0.5, 0.6) is 5.75 Å². The number of anilines is 1. The third-order valence-electron chi connectivity index (χ3n) is 4.83. The Morgan fingerprint density at radius 2 is 2.04 bits per heavy atom. The van der Waals surface area contributed by atoms with E-state index < -0.39 is 10.0 Å². The van der Waals surface area contributed by atoms with Gasteiger partial charge in [0.05, 0.1) is 17.1 Å². The Morgan fingerprint density at radius 1 is 1.27 bits per heavy atom. The summed E-state index contributed by atoms with van der Waals surface area (Å²) in [5, 5.41) is 2.62. The Balaban J connectivity index is 1.53. The maximum Gasteiger partial charge on any atom is 0.262 e. The summed E-state index contributed by atoms with van der Waals surface area (Å²) in [6.45, 7) is 2.24. The van der Waals surface area contributed by atoms with Crippen LogP contribution in [0.3, 0.4) is 0 Å². The fourth-order valence-electron chi connectivity index (χ4n) is 3.10. The van der Waals surface area contributed by atoms with Gasteiger partial charge in [-0.25, -0.2) is 8.42 Å². The van der Waals surface area contributed by atoms with Crippen LogP contribution < -0.4 is 10.1 Å². The van der Waals surface area contributed by atoms with E-state index in [0.717, 1.165) is 12.2 Å².